The van der Waals surface area contributed by atoms with E-state index in [0.29, 0.717) is 12.2 Å². The molecule has 1 aromatic carbocycles. The molecule has 1 aromatic heterocycles. The Kier molecular flexibility index (Phi) is 5.32. The molecule has 7 heteroatoms. The molecule has 0 saturated heterocycles. The Bertz CT molecular complexity index is 758. The molecule has 1 saturated carbocycles. The van der Waals surface area contributed by atoms with E-state index in [1.54, 1.807) is 5.38 Å². The van der Waals surface area contributed by atoms with Gasteiger partial charge in [-0.1, -0.05) is 18.2 Å². The van der Waals surface area contributed by atoms with Crippen LogP contribution in [-0.4, -0.2) is 16.5 Å². The summed E-state index contributed by atoms with van der Waals surface area (Å²) in [6.45, 7) is 0.362. The third-order valence-corrected chi connectivity index (χ3v) is 5.85. The van der Waals surface area contributed by atoms with E-state index in [-0.39, 0.29) is 30.0 Å². The van der Waals surface area contributed by atoms with Crippen LogP contribution in [0.3, 0.4) is 0 Å². The largest absolute Gasteiger partial charge is 0.487 e. The molecule has 1 unspecified atom stereocenters. The van der Waals surface area contributed by atoms with Gasteiger partial charge in [0.15, 0.2) is 0 Å². The first kappa shape index (κ1) is 18.2. The van der Waals surface area contributed by atoms with Crippen LogP contribution in [-0.2, 0) is 6.54 Å². The van der Waals surface area contributed by atoms with Crippen molar-refractivity contribution in [3.63, 3.8) is 0 Å². The highest BCUT2D eigenvalue weighted by Gasteiger charge is 2.43. The van der Waals surface area contributed by atoms with Gasteiger partial charge in [0.1, 0.15) is 22.1 Å². The lowest BCUT2D eigenvalue weighted by atomic mass is 9.86. The summed E-state index contributed by atoms with van der Waals surface area (Å²) < 4.78 is 6.34. The summed E-state index contributed by atoms with van der Waals surface area (Å²) in [5, 5.41) is 5.71. The molecule has 2 aliphatic rings. The number of benzene rings is 1. The van der Waals surface area contributed by atoms with Crippen LogP contribution in [0, 0.1) is 0 Å². The fraction of sp³-hybridized carbons (Fsp3) is 0.444. The van der Waals surface area contributed by atoms with Gasteiger partial charge in [0.2, 0.25) is 0 Å². The Balaban J connectivity index is 0.00000182. The molecular weight excluding hydrogens is 358 g/mol. The first-order valence-electron chi connectivity index (χ1n) is 8.42. The normalized spacial score (nSPS) is 20.4. The van der Waals surface area contributed by atoms with Crippen LogP contribution in [0.2, 0.25) is 0 Å². The molecule has 2 aromatic rings. The number of aromatic nitrogens is 1. The highest BCUT2D eigenvalue weighted by molar-refractivity contribution is 7.09. The van der Waals surface area contributed by atoms with Crippen LogP contribution >= 0.6 is 23.7 Å². The molecule has 1 aliphatic carbocycles. The van der Waals surface area contributed by atoms with E-state index in [2.05, 4.69) is 10.3 Å². The highest BCUT2D eigenvalue weighted by Crippen LogP contribution is 2.47. The number of ether oxygens (including phenoxy) is 1. The Morgan fingerprint density at radius 1 is 1.36 bits per heavy atom. The van der Waals surface area contributed by atoms with Gasteiger partial charge in [-0.15, -0.1) is 23.7 Å². The lowest BCUT2D eigenvalue weighted by Crippen LogP contribution is -2.43. The van der Waals surface area contributed by atoms with Gasteiger partial charge in [-0.05, 0) is 31.7 Å². The maximum Gasteiger partial charge on any atom is 0.271 e. The maximum absolute atomic E-state index is 12.6. The van der Waals surface area contributed by atoms with Crippen molar-refractivity contribution in [2.24, 2.45) is 5.73 Å². The molecule has 5 nitrogen and oxygen atoms in total. The van der Waals surface area contributed by atoms with Gasteiger partial charge in [-0.2, -0.15) is 0 Å². The average Bonchev–Trinajstić information content (AvgIpc) is 3.24. The van der Waals surface area contributed by atoms with Crippen LogP contribution in [0.5, 0.6) is 5.75 Å². The van der Waals surface area contributed by atoms with Gasteiger partial charge < -0.3 is 15.8 Å². The number of nitrogens with two attached hydrogens (primary N) is 1. The molecule has 3 N–H and O–H groups in total. The van der Waals surface area contributed by atoms with E-state index in [0.717, 1.165) is 35.6 Å². The van der Waals surface area contributed by atoms with Crippen molar-refractivity contribution < 1.29 is 9.53 Å². The number of halogens is 1. The lowest BCUT2D eigenvalue weighted by molar-refractivity contribution is 0.0360. The monoisotopic (exact) mass is 379 g/mol. The third kappa shape index (κ3) is 3.52. The first-order chi connectivity index (χ1) is 11.7. The summed E-state index contributed by atoms with van der Waals surface area (Å²) in [6.07, 6.45) is 5.32. The van der Waals surface area contributed by atoms with Gasteiger partial charge in [-0.25, -0.2) is 4.98 Å². The predicted molar refractivity (Wildman–Crippen MR) is 100 cm³/mol. The summed E-state index contributed by atoms with van der Waals surface area (Å²) in [4.78, 5) is 16.9. The Morgan fingerprint density at radius 2 is 2.12 bits per heavy atom. The van der Waals surface area contributed by atoms with Gasteiger partial charge in [-0.3, -0.25) is 4.79 Å². The minimum absolute atomic E-state index is 0. The van der Waals surface area contributed by atoms with Crippen molar-refractivity contribution >= 4 is 29.7 Å². The van der Waals surface area contributed by atoms with Gasteiger partial charge >= 0.3 is 0 Å². The molecule has 1 fully saturated rings. The predicted octanol–water partition coefficient (Wildman–Crippen LogP) is 3.59. The summed E-state index contributed by atoms with van der Waals surface area (Å²) in [5.41, 5.74) is 6.96. The molecule has 0 radical (unpaired) electrons. The number of carbonyl (C=O) groups excluding carboxylic acids is 1. The molecule has 25 heavy (non-hydrogen) atoms. The summed E-state index contributed by atoms with van der Waals surface area (Å²) in [5.74, 6) is 0.762. The molecule has 0 bridgehead atoms. The first-order valence-corrected chi connectivity index (χ1v) is 9.30. The van der Waals surface area contributed by atoms with E-state index < -0.39 is 0 Å². The summed E-state index contributed by atoms with van der Waals surface area (Å²) >= 11 is 1.42. The van der Waals surface area contributed by atoms with Gasteiger partial charge in [0, 0.05) is 23.9 Å². The highest BCUT2D eigenvalue weighted by atomic mass is 35.5. The quantitative estimate of drug-likeness (QED) is 0.854. The maximum atomic E-state index is 12.6. The molecule has 1 spiro atoms. The van der Waals surface area contributed by atoms with E-state index in [1.807, 2.05) is 24.3 Å². The Labute approximate surface area is 157 Å². The molecule has 134 valence electrons. The number of amides is 1. The Morgan fingerprint density at radius 3 is 2.84 bits per heavy atom. The number of rotatable bonds is 3. The number of hydrogen-bond donors (Lipinski definition) is 2. The number of hydrogen-bond acceptors (Lipinski definition) is 5. The smallest absolute Gasteiger partial charge is 0.271 e. The third-order valence-electron chi connectivity index (χ3n) is 4.98. The van der Waals surface area contributed by atoms with E-state index in [9.17, 15) is 4.79 Å². The zero-order valence-corrected chi connectivity index (χ0v) is 15.5. The van der Waals surface area contributed by atoms with E-state index in [1.165, 1.54) is 24.2 Å². The molecular formula is C18H22ClN3O2S. The number of nitrogens with zero attached hydrogens (tertiary/aromatic N) is 1. The second-order valence-corrected chi connectivity index (χ2v) is 7.53. The summed E-state index contributed by atoms with van der Waals surface area (Å²) in [6, 6.07) is 7.98. The van der Waals surface area contributed by atoms with Crippen molar-refractivity contribution in [3.05, 3.63) is 45.9 Å². The molecule has 1 aliphatic heterocycles. The van der Waals surface area contributed by atoms with E-state index in [4.69, 9.17) is 10.5 Å². The summed E-state index contributed by atoms with van der Waals surface area (Å²) in [7, 11) is 0. The number of fused-ring (bicyclic) bond motifs is 1. The minimum atomic E-state index is -0.138. The molecule has 1 atom stereocenters. The second kappa shape index (κ2) is 7.32. The van der Waals surface area contributed by atoms with Crippen LogP contribution < -0.4 is 15.8 Å². The van der Waals surface area contributed by atoms with Crippen molar-refractivity contribution in [2.45, 2.75) is 50.3 Å². The molecule has 4 rings (SSSR count). The van der Waals surface area contributed by atoms with Crippen molar-refractivity contribution in [1.29, 1.82) is 0 Å². The topological polar surface area (TPSA) is 77.2 Å². The standard InChI is InChI=1S/C18H21N3O2S.ClH/c19-10-16-20-14(11-24-16)17(22)21-13-9-18(7-3-4-8-18)23-15-6-2-1-5-12(13)15;/h1-2,5-6,11,13H,3-4,7-10,19H2,(H,21,22);1H. The minimum Gasteiger partial charge on any atom is -0.487 e. The molecule has 2 heterocycles. The van der Waals surface area contributed by atoms with Crippen molar-refractivity contribution in [3.8, 4) is 5.75 Å². The van der Waals surface area contributed by atoms with Gasteiger partial charge in [0.05, 0.1) is 6.04 Å². The van der Waals surface area contributed by atoms with Crippen LogP contribution in [0.15, 0.2) is 29.6 Å². The fourth-order valence-electron chi connectivity index (χ4n) is 3.81. The van der Waals surface area contributed by atoms with Gasteiger partial charge in [0.25, 0.3) is 5.91 Å². The van der Waals surface area contributed by atoms with Crippen molar-refractivity contribution in [1.82, 2.24) is 10.3 Å². The zero-order valence-electron chi connectivity index (χ0n) is 13.9. The average molecular weight is 380 g/mol. The second-order valence-electron chi connectivity index (χ2n) is 6.59. The lowest BCUT2D eigenvalue weighted by Gasteiger charge is -2.40. The van der Waals surface area contributed by atoms with Crippen LogP contribution in [0.25, 0.3) is 0 Å². The Hall–Kier alpha value is -1.63. The number of nitrogens with one attached hydrogen (secondary N) is 1. The number of para-hydroxylation sites is 1. The number of carbonyl (C=O) groups is 1. The SMILES string of the molecule is Cl.NCc1nc(C(=O)NC2CC3(CCCC3)Oc3ccccc32)cs1. The molecule has 1 amide bonds. The fourth-order valence-corrected chi connectivity index (χ4v) is 4.47. The van der Waals surface area contributed by atoms with E-state index >= 15 is 0 Å². The van der Waals surface area contributed by atoms with Crippen LogP contribution in [0.4, 0.5) is 0 Å². The van der Waals surface area contributed by atoms with Crippen molar-refractivity contribution in [2.75, 3.05) is 0 Å². The number of thiazole rings is 1. The zero-order chi connectivity index (χ0) is 16.6. The van der Waals surface area contributed by atoms with Crippen LogP contribution in [0.1, 0.15) is 59.2 Å².